The predicted octanol–water partition coefficient (Wildman–Crippen LogP) is 3.84. The highest BCUT2D eigenvalue weighted by molar-refractivity contribution is 5.90. The van der Waals surface area contributed by atoms with Crippen molar-refractivity contribution in [1.82, 2.24) is 20.1 Å². The van der Waals surface area contributed by atoms with Crippen LogP contribution in [0.4, 0.5) is 23.8 Å². The van der Waals surface area contributed by atoms with Crippen molar-refractivity contribution in [2.24, 2.45) is 0 Å². The van der Waals surface area contributed by atoms with E-state index < -0.39 is 30.8 Å². The standard InChI is InChI=1S/C19H24F3N5O4/c1-10-9-31-17(23-10)7-16(28)24-15-6-14(25-26-15)12-3-4-13(5-12)27(18(29)30)11(2)8-19(20,21)22/h6,9,11-13H,3-5,7-8H2,1-2H3,(H,29,30)(H2,24,25,26,28)/t11?,12-,13+/m0/s1. The van der Waals surface area contributed by atoms with E-state index in [1.54, 1.807) is 13.0 Å². The summed E-state index contributed by atoms with van der Waals surface area (Å²) in [6.07, 6.45) is -4.17. The summed E-state index contributed by atoms with van der Waals surface area (Å²) in [5.74, 6) is 0.123. The van der Waals surface area contributed by atoms with E-state index in [9.17, 15) is 27.9 Å². The highest BCUT2D eigenvalue weighted by Crippen LogP contribution is 2.38. The summed E-state index contributed by atoms with van der Waals surface area (Å²) in [5.41, 5.74) is 1.36. The van der Waals surface area contributed by atoms with Gasteiger partial charge in [0.15, 0.2) is 5.82 Å². The maximum atomic E-state index is 12.7. The van der Waals surface area contributed by atoms with E-state index >= 15 is 0 Å². The molecule has 0 aliphatic heterocycles. The second-order valence-electron chi connectivity index (χ2n) is 7.84. The van der Waals surface area contributed by atoms with Gasteiger partial charge in [-0.1, -0.05) is 0 Å². The zero-order valence-corrected chi connectivity index (χ0v) is 17.1. The molecule has 1 saturated carbocycles. The number of hydrogen-bond acceptors (Lipinski definition) is 5. The van der Waals surface area contributed by atoms with Crippen molar-refractivity contribution in [1.29, 1.82) is 0 Å². The molecule has 1 aliphatic carbocycles. The van der Waals surface area contributed by atoms with Gasteiger partial charge in [0.25, 0.3) is 0 Å². The van der Waals surface area contributed by atoms with Crippen molar-refractivity contribution in [3.8, 4) is 0 Å². The summed E-state index contributed by atoms with van der Waals surface area (Å²) >= 11 is 0. The number of anilines is 1. The minimum Gasteiger partial charge on any atom is -0.465 e. The lowest BCUT2D eigenvalue weighted by Crippen LogP contribution is -2.46. The SMILES string of the molecule is Cc1coc(CC(=O)Nc2cc([C@H]3CC[C@@H](N(C(=O)O)C(C)CC(F)(F)F)C3)[nH]n2)n1. The third kappa shape index (κ3) is 5.98. The Morgan fingerprint density at radius 2 is 2.16 bits per heavy atom. The predicted molar refractivity (Wildman–Crippen MR) is 103 cm³/mol. The monoisotopic (exact) mass is 443 g/mol. The fraction of sp³-hybridized carbons (Fsp3) is 0.579. The number of oxazole rings is 1. The first kappa shape index (κ1) is 22.6. The number of aryl methyl sites for hydroxylation is 1. The molecule has 170 valence electrons. The summed E-state index contributed by atoms with van der Waals surface area (Å²) in [6, 6.07) is -0.0399. The molecule has 0 aromatic carbocycles. The molecule has 9 nitrogen and oxygen atoms in total. The van der Waals surface area contributed by atoms with Gasteiger partial charge in [0.2, 0.25) is 11.8 Å². The van der Waals surface area contributed by atoms with E-state index in [2.05, 4.69) is 20.5 Å². The van der Waals surface area contributed by atoms with Gasteiger partial charge in [-0.3, -0.25) is 9.89 Å². The Kier molecular flexibility index (Phi) is 6.56. The first-order valence-corrected chi connectivity index (χ1v) is 9.86. The Morgan fingerprint density at radius 3 is 2.77 bits per heavy atom. The average Bonchev–Trinajstić information content (AvgIpc) is 3.35. The van der Waals surface area contributed by atoms with E-state index in [4.69, 9.17) is 4.42 Å². The summed E-state index contributed by atoms with van der Waals surface area (Å²) < 4.78 is 43.3. The first-order chi connectivity index (χ1) is 14.5. The number of halogens is 3. The molecule has 2 aromatic heterocycles. The van der Waals surface area contributed by atoms with Crippen molar-refractivity contribution in [3.05, 3.63) is 29.6 Å². The van der Waals surface area contributed by atoms with Crippen LogP contribution in [0.5, 0.6) is 0 Å². The summed E-state index contributed by atoms with van der Waals surface area (Å²) in [5, 5.41) is 19.0. The second-order valence-corrected chi connectivity index (χ2v) is 7.84. The van der Waals surface area contributed by atoms with Crippen LogP contribution in [-0.4, -0.2) is 55.4 Å². The minimum atomic E-state index is -4.44. The maximum Gasteiger partial charge on any atom is 0.407 e. The third-order valence-electron chi connectivity index (χ3n) is 5.30. The summed E-state index contributed by atoms with van der Waals surface area (Å²) in [4.78, 5) is 28.7. The topological polar surface area (TPSA) is 124 Å². The van der Waals surface area contributed by atoms with Crippen LogP contribution >= 0.6 is 0 Å². The lowest BCUT2D eigenvalue weighted by atomic mass is 10.0. The van der Waals surface area contributed by atoms with Gasteiger partial charge in [0.05, 0.1) is 12.1 Å². The van der Waals surface area contributed by atoms with Crippen LogP contribution in [-0.2, 0) is 11.2 Å². The van der Waals surface area contributed by atoms with Gasteiger partial charge in [-0.15, -0.1) is 0 Å². The van der Waals surface area contributed by atoms with Crippen LogP contribution in [0.2, 0.25) is 0 Å². The largest absolute Gasteiger partial charge is 0.465 e. The van der Waals surface area contributed by atoms with Crippen molar-refractivity contribution < 1.29 is 32.3 Å². The molecule has 2 heterocycles. The van der Waals surface area contributed by atoms with Crippen molar-refractivity contribution in [2.45, 2.75) is 70.1 Å². The van der Waals surface area contributed by atoms with Crippen molar-refractivity contribution in [2.75, 3.05) is 5.32 Å². The van der Waals surface area contributed by atoms with Gasteiger partial charge in [0, 0.05) is 29.8 Å². The maximum absolute atomic E-state index is 12.7. The number of alkyl halides is 3. The van der Waals surface area contributed by atoms with Gasteiger partial charge in [-0.25, -0.2) is 9.78 Å². The molecule has 1 fully saturated rings. The summed E-state index contributed by atoms with van der Waals surface area (Å²) in [7, 11) is 0. The molecule has 0 bridgehead atoms. The molecule has 2 aromatic rings. The Hall–Kier alpha value is -3.05. The van der Waals surface area contributed by atoms with Gasteiger partial charge in [0.1, 0.15) is 12.7 Å². The quantitative estimate of drug-likeness (QED) is 0.597. The van der Waals surface area contributed by atoms with Crippen LogP contribution in [0.25, 0.3) is 0 Å². The lowest BCUT2D eigenvalue weighted by molar-refractivity contribution is -0.145. The Bertz CT molecular complexity index is 926. The van der Waals surface area contributed by atoms with Crippen LogP contribution < -0.4 is 5.32 Å². The minimum absolute atomic E-state index is 0.0494. The number of carbonyl (C=O) groups is 2. The Morgan fingerprint density at radius 1 is 1.42 bits per heavy atom. The fourth-order valence-corrected chi connectivity index (χ4v) is 4.05. The molecule has 1 aliphatic rings. The molecule has 2 amide bonds. The molecule has 3 rings (SSSR count). The first-order valence-electron chi connectivity index (χ1n) is 9.86. The lowest BCUT2D eigenvalue weighted by Gasteiger charge is -2.32. The van der Waals surface area contributed by atoms with Crippen molar-refractivity contribution >= 4 is 17.8 Å². The smallest absolute Gasteiger partial charge is 0.407 e. The number of H-pyrrole nitrogens is 1. The molecule has 0 spiro atoms. The molecule has 3 atom stereocenters. The van der Waals surface area contributed by atoms with Crippen molar-refractivity contribution in [3.63, 3.8) is 0 Å². The van der Waals surface area contributed by atoms with E-state index in [1.165, 1.54) is 13.2 Å². The van der Waals surface area contributed by atoms with Crippen LogP contribution in [0.1, 0.15) is 55.8 Å². The number of aromatic amines is 1. The average molecular weight is 443 g/mol. The number of carbonyl (C=O) groups excluding carboxylic acids is 1. The number of hydrogen-bond donors (Lipinski definition) is 3. The van der Waals surface area contributed by atoms with Gasteiger partial charge in [-0.05, 0) is 33.1 Å². The van der Waals surface area contributed by atoms with E-state index in [-0.39, 0.29) is 24.1 Å². The molecule has 12 heteroatoms. The molecule has 0 radical (unpaired) electrons. The number of rotatable bonds is 7. The Balaban J connectivity index is 1.59. The highest BCUT2D eigenvalue weighted by atomic mass is 19.4. The molecule has 31 heavy (non-hydrogen) atoms. The normalized spacial score (nSPS) is 19.9. The number of carboxylic acid groups (broad SMARTS) is 1. The highest BCUT2D eigenvalue weighted by Gasteiger charge is 2.40. The van der Waals surface area contributed by atoms with Crippen LogP contribution in [0.3, 0.4) is 0 Å². The zero-order chi connectivity index (χ0) is 22.8. The molecular weight excluding hydrogens is 419 g/mol. The van der Waals surface area contributed by atoms with Crippen LogP contribution in [0.15, 0.2) is 16.7 Å². The summed E-state index contributed by atoms with van der Waals surface area (Å²) in [6.45, 7) is 3.02. The molecule has 0 saturated heterocycles. The fourth-order valence-electron chi connectivity index (χ4n) is 4.05. The van der Waals surface area contributed by atoms with Crippen LogP contribution in [0, 0.1) is 6.92 Å². The van der Waals surface area contributed by atoms with Gasteiger partial charge < -0.3 is 19.7 Å². The number of nitrogens with zero attached hydrogens (tertiary/aromatic N) is 3. The van der Waals surface area contributed by atoms with Gasteiger partial charge in [-0.2, -0.15) is 18.3 Å². The molecule has 3 N–H and O–H groups in total. The Labute approximate surface area is 176 Å². The zero-order valence-electron chi connectivity index (χ0n) is 17.1. The number of amides is 2. The van der Waals surface area contributed by atoms with E-state index in [0.717, 1.165) is 4.90 Å². The second kappa shape index (κ2) is 8.98. The van der Waals surface area contributed by atoms with E-state index in [1.807, 2.05) is 0 Å². The van der Waals surface area contributed by atoms with E-state index in [0.29, 0.717) is 36.5 Å². The number of aromatic nitrogens is 3. The number of nitrogens with one attached hydrogen (secondary N) is 2. The molecular formula is C19H24F3N5O4. The van der Waals surface area contributed by atoms with Gasteiger partial charge >= 0.3 is 12.3 Å². The molecule has 1 unspecified atom stereocenters. The third-order valence-corrected chi connectivity index (χ3v) is 5.30.